The van der Waals surface area contributed by atoms with E-state index in [-0.39, 0.29) is 0 Å². The Hall–Kier alpha value is -2.93. The van der Waals surface area contributed by atoms with Crippen LogP contribution in [-0.4, -0.2) is 60.2 Å². The van der Waals surface area contributed by atoms with Crippen molar-refractivity contribution in [2.24, 2.45) is 17.4 Å². The molecule has 0 atom stereocenters. The first-order chi connectivity index (χ1) is 17.1. The summed E-state index contributed by atoms with van der Waals surface area (Å²) in [4.78, 5) is 41.9. The first-order valence-electron chi connectivity index (χ1n) is 11.8. The lowest BCUT2D eigenvalue weighted by Gasteiger charge is -2.23. The Balaban J connectivity index is 0.000000191. The number of carbonyl (C=O) groups is 3. The summed E-state index contributed by atoms with van der Waals surface area (Å²) in [5.41, 5.74) is 11.8. The van der Waals surface area contributed by atoms with Crippen molar-refractivity contribution >= 4 is 40.7 Å². The Morgan fingerprint density at radius 3 is 2.31 bits per heavy atom. The maximum Gasteiger partial charge on any atom is 0.293 e. The number of likely N-dealkylation sites (N-methyl/N-ethyl adjacent to an activating group) is 1. The van der Waals surface area contributed by atoms with Gasteiger partial charge in [0.1, 0.15) is 0 Å². The smallest absolute Gasteiger partial charge is 0.293 e. The molecule has 1 aromatic carbocycles. The molecule has 1 aromatic heterocycles. The lowest BCUT2D eigenvalue weighted by atomic mass is 9.88. The van der Waals surface area contributed by atoms with Gasteiger partial charge in [0.15, 0.2) is 5.01 Å². The van der Waals surface area contributed by atoms with Crippen LogP contribution in [-0.2, 0) is 22.6 Å². The highest BCUT2D eigenvalue weighted by atomic mass is 35.5. The van der Waals surface area contributed by atoms with Crippen LogP contribution in [0.2, 0.25) is 5.02 Å². The maximum absolute atomic E-state index is 11.4. The molecule has 0 bridgehead atoms. The van der Waals surface area contributed by atoms with E-state index < -0.39 is 11.8 Å². The molecule has 10 heteroatoms. The highest BCUT2D eigenvalue weighted by Crippen LogP contribution is 2.25. The standard InChI is InChI=1S/C9H6ClNO.C9H17NO.C8H11N3OS/c10-8-4-1-7(2-5-8)3-6-9(11)12;1-10(2)9(11)8-6-4-3-5-7-8;1-11-3-2-5-6(4-11)13-8(10-5)7(9)12/h1-2,4-5H,(H2,11,12);8H,3-7H2,1-2H3;2-4H2,1H3,(H2,9,12). The molecule has 1 aliphatic carbocycles. The van der Waals surface area contributed by atoms with Gasteiger partial charge in [-0.15, -0.1) is 11.3 Å². The fourth-order valence-corrected chi connectivity index (χ4v) is 4.98. The Labute approximate surface area is 222 Å². The Bertz CT molecular complexity index is 1100. The number of thiazole rings is 1. The number of nitrogens with two attached hydrogens (primary N) is 2. The van der Waals surface area contributed by atoms with E-state index in [4.69, 9.17) is 23.1 Å². The predicted molar refractivity (Wildman–Crippen MR) is 143 cm³/mol. The zero-order valence-electron chi connectivity index (χ0n) is 21.1. The van der Waals surface area contributed by atoms with Gasteiger partial charge in [-0.1, -0.05) is 36.8 Å². The molecule has 0 saturated heterocycles. The zero-order chi connectivity index (χ0) is 26.7. The lowest BCUT2D eigenvalue weighted by Crippen LogP contribution is -2.30. The third kappa shape index (κ3) is 9.97. The molecule has 0 spiro atoms. The van der Waals surface area contributed by atoms with Gasteiger partial charge in [-0.05, 0) is 50.1 Å². The molecule has 8 nitrogen and oxygen atoms in total. The number of primary amides is 2. The summed E-state index contributed by atoms with van der Waals surface area (Å²) in [6.07, 6.45) is 6.94. The highest BCUT2D eigenvalue weighted by Gasteiger charge is 2.22. The van der Waals surface area contributed by atoms with Crippen LogP contribution in [0.3, 0.4) is 0 Å². The molecule has 2 aromatic rings. The SMILES string of the molecule is CN(C)C(=O)C1CCCCC1.CN1CCc2nc(C(N)=O)sc2C1.NC(=O)C#Cc1ccc(Cl)cc1. The minimum Gasteiger partial charge on any atom is -0.364 e. The van der Waals surface area contributed by atoms with Gasteiger partial charge in [0.05, 0.1) is 5.69 Å². The van der Waals surface area contributed by atoms with E-state index in [2.05, 4.69) is 28.8 Å². The van der Waals surface area contributed by atoms with Crippen molar-refractivity contribution in [2.45, 2.75) is 45.1 Å². The minimum absolute atomic E-state index is 0.324. The van der Waals surface area contributed by atoms with Crippen molar-refractivity contribution in [1.82, 2.24) is 14.8 Å². The number of nitrogens with zero attached hydrogens (tertiary/aromatic N) is 3. The van der Waals surface area contributed by atoms with E-state index in [1.165, 1.54) is 35.5 Å². The molecule has 36 heavy (non-hydrogen) atoms. The minimum atomic E-state index is -0.634. The fraction of sp³-hybridized carbons (Fsp3) is 0.462. The Morgan fingerprint density at radius 2 is 1.75 bits per heavy atom. The normalized spacial score (nSPS) is 15.0. The number of halogens is 1. The summed E-state index contributed by atoms with van der Waals surface area (Å²) in [7, 11) is 5.75. The van der Waals surface area contributed by atoms with Crippen LogP contribution in [0.5, 0.6) is 0 Å². The van der Waals surface area contributed by atoms with E-state index in [9.17, 15) is 14.4 Å². The fourth-order valence-electron chi connectivity index (χ4n) is 3.81. The summed E-state index contributed by atoms with van der Waals surface area (Å²) >= 11 is 7.05. The van der Waals surface area contributed by atoms with Crippen LogP contribution in [0.15, 0.2) is 24.3 Å². The number of aromatic nitrogens is 1. The second-order valence-corrected chi connectivity index (χ2v) is 10.4. The molecule has 0 radical (unpaired) electrons. The number of hydrogen-bond acceptors (Lipinski definition) is 6. The molecule has 3 amide bonds. The average Bonchev–Trinajstić information content (AvgIpc) is 3.28. The topological polar surface area (TPSA) is 123 Å². The number of rotatable bonds is 2. The molecular weight excluding hydrogens is 498 g/mol. The molecule has 194 valence electrons. The zero-order valence-corrected chi connectivity index (χ0v) is 22.6. The molecule has 4 rings (SSSR count). The monoisotopic (exact) mass is 531 g/mol. The van der Waals surface area contributed by atoms with Gasteiger partial charge >= 0.3 is 0 Å². The van der Waals surface area contributed by atoms with Gasteiger partial charge in [-0.2, -0.15) is 0 Å². The number of amides is 3. The number of fused-ring (bicyclic) bond motifs is 1. The van der Waals surface area contributed by atoms with Crippen molar-refractivity contribution in [2.75, 3.05) is 27.7 Å². The molecule has 1 fully saturated rings. The predicted octanol–water partition coefficient (Wildman–Crippen LogP) is 3.06. The number of benzene rings is 1. The second kappa shape index (κ2) is 14.6. The summed E-state index contributed by atoms with van der Waals surface area (Å²) in [6.45, 7) is 1.90. The van der Waals surface area contributed by atoms with Gasteiger partial charge in [0.2, 0.25) is 5.91 Å². The second-order valence-electron chi connectivity index (χ2n) is 8.93. The average molecular weight is 532 g/mol. The first-order valence-corrected chi connectivity index (χ1v) is 13.0. The summed E-state index contributed by atoms with van der Waals surface area (Å²) in [5, 5.41) is 1.08. The molecule has 2 aliphatic rings. The number of hydrogen-bond donors (Lipinski definition) is 2. The van der Waals surface area contributed by atoms with Gasteiger partial charge in [-0.3, -0.25) is 14.4 Å². The molecule has 1 saturated carbocycles. The van der Waals surface area contributed by atoms with Crippen molar-refractivity contribution < 1.29 is 14.4 Å². The molecule has 2 heterocycles. The van der Waals surface area contributed by atoms with Gasteiger partial charge in [-0.25, -0.2) is 4.98 Å². The molecule has 0 unspecified atom stereocenters. The maximum atomic E-state index is 11.4. The van der Waals surface area contributed by atoms with Crippen LogP contribution in [0, 0.1) is 17.8 Å². The van der Waals surface area contributed by atoms with E-state index >= 15 is 0 Å². The number of carbonyl (C=O) groups excluding carboxylic acids is 3. The van der Waals surface area contributed by atoms with Crippen molar-refractivity contribution in [1.29, 1.82) is 0 Å². The van der Waals surface area contributed by atoms with Crippen molar-refractivity contribution in [3.8, 4) is 11.8 Å². The van der Waals surface area contributed by atoms with Crippen LogP contribution < -0.4 is 11.5 Å². The summed E-state index contributed by atoms with van der Waals surface area (Å²) in [5.74, 6) is 4.42. The lowest BCUT2D eigenvalue weighted by molar-refractivity contribution is -0.133. The van der Waals surface area contributed by atoms with Crippen molar-refractivity contribution in [3.05, 3.63) is 50.4 Å². The van der Waals surface area contributed by atoms with Crippen molar-refractivity contribution in [3.63, 3.8) is 0 Å². The first kappa shape index (κ1) is 29.3. The van der Waals surface area contributed by atoms with E-state index in [0.717, 1.165) is 43.6 Å². The van der Waals surface area contributed by atoms with E-state index in [0.29, 0.717) is 21.9 Å². The highest BCUT2D eigenvalue weighted by molar-refractivity contribution is 7.13. The third-order valence-corrected chi connectivity index (χ3v) is 7.05. The van der Waals surface area contributed by atoms with Gasteiger partial charge in [0.25, 0.3) is 11.8 Å². The Kier molecular flexibility index (Phi) is 11.9. The van der Waals surface area contributed by atoms with Crippen LogP contribution in [0.1, 0.15) is 58.0 Å². The van der Waals surface area contributed by atoms with Crippen LogP contribution in [0.25, 0.3) is 0 Å². The third-order valence-electron chi connectivity index (χ3n) is 5.70. The Morgan fingerprint density at radius 1 is 1.11 bits per heavy atom. The van der Waals surface area contributed by atoms with Gasteiger partial charge < -0.3 is 21.3 Å². The van der Waals surface area contributed by atoms with Crippen LogP contribution in [0.4, 0.5) is 0 Å². The van der Waals surface area contributed by atoms with E-state index in [1.54, 1.807) is 29.2 Å². The quantitative estimate of drug-likeness (QED) is 0.576. The van der Waals surface area contributed by atoms with Gasteiger partial charge in [0, 0.05) is 55.0 Å². The van der Waals surface area contributed by atoms with E-state index in [1.807, 2.05) is 14.1 Å². The van der Waals surface area contributed by atoms with Crippen LogP contribution >= 0.6 is 22.9 Å². The molecule has 1 aliphatic heterocycles. The summed E-state index contributed by atoms with van der Waals surface area (Å²) < 4.78 is 0. The largest absolute Gasteiger partial charge is 0.364 e. The summed E-state index contributed by atoms with van der Waals surface area (Å²) in [6, 6.07) is 6.84. The molecule has 4 N–H and O–H groups in total. The molecular formula is C26H34ClN5O3S.